The number of hydrogen-bond donors (Lipinski definition) is 1. The SMILES string of the molecule is CCCN1CCC(NCc2nnc(C)n2C)CC1. The molecular weight excluding hydrogens is 226 g/mol. The van der Waals surface area contributed by atoms with Crippen molar-refractivity contribution in [2.75, 3.05) is 19.6 Å². The Kier molecular flexibility index (Phi) is 4.72. The second kappa shape index (κ2) is 6.29. The van der Waals surface area contributed by atoms with Crippen molar-refractivity contribution in [3.05, 3.63) is 11.6 Å². The minimum absolute atomic E-state index is 0.634. The maximum absolute atomic E-state index is 4.18. The summed E-state index contributed by atoms with van der Waals surface area (Å²) in [6, 6.07) is 0.634. The van der Waals surface area contributed by atoms with E-state index in [1.165, 1.54) is 38.9 Å². The first-order valence-corrected chi connectivity index (χ1v) is 7.01. The van der Waals surface area contributed by atoms with Gasteiger partial charge in [-0.25, -0.2) is 0 Å². The molecule has 0 amide bonds. The molecule has 0 unspecified atom stereocenters. The molecule has 102 valence electrons. The Bertz CT molecular complexity index is 365. The molecule has 0 spiro atoms. The third-order valence-electron chi connectivity index (χ3n) is 3.86. The van der Waals surface area contributed by atoms with Gasteiger partial charge in [0.05, 0.1) is 6.54 Å². The molecule has 1 N–H and O–H groups in total. The van der Waals surface area contributed by atoms with Crippen molar-refractivity contribution in [2.24, 2.45) is 7.05 Å². The van der Waals surface area contributed by atoms with Crippen LogP contribution in [0, 0.1) is 6.92 Å². The molecule has 5 heteroatoms. The van der Waals surface area contributed by atoms with Gasteiger partial charge in [-0.05, 0) is 45.8 Å². The molecule has 0 saturated carbocycles. The van der Waals surface area contributed by atoms with Gasteiger partial charge in [0.15, 0.2) is 0 Å². The molecule has 2 heterocycles. The number of aryl methyl sites for hydroxylation is 1. The highest BCUT2D eigenvalue weighted by molar-refractivity contribution is 4.92. The summed E-state index contributed by atoms with van der Waals surface area (Å²) in [6.45, 7) is 8.76. The van der Waals surface area contributed by atoms with Crippen LogP contribution in [0.5, 0.6) is 0 Å². The van der Waals surface area contributed by atoms with Crippen molar-refractivity contribution in [1.82, 2.24) is 25.0 Å². The van der Waals surface area contributed by atoms with Crippen LogP contribution < -0.4 is 5.32 Å². The third-order valence-corrected chi connectivity index (χ3v) is 3.86. The molecule has 1 aromatic rings. The van der Waals surface area contributed by atoms with Crippen LogP contribution in [0.1, 0.15) is 37.8 Å². The zero-order valence-electron chi connectivity index (χ0n) is 11.8. The van der Waals surface area contributed by atoms with E-state index in [4.69, 9.17) is 0 Å². The highest BCUT2D eigenvalue weighted by Crippen LogP contribution is 2.11. The van der Waals surface area contributed by atoms with Crippen LogP contribution in [-0.2, 0) is 13.6 Å². The lowest BCUT2D eigenvalue weighted by molar-refractivity contribution is 0.197. The van der Waals surface area contributed by atoms with E-state index in [-0.39, 0.29) is 0 Å². The van der Waals surface area contributed by atoms with Crippen LogP contribution in [0.3, 0.4) is 0 Å². The number of hydrogen-bond acceptors (Lipinski definition) is 4. The Morgan fingerprint density at radius 3 is 2.56 bits per heavy atom. The summed E-state index contributed by atoms with van der Waals surface area (Å²) in [5, 5.41) is 11.9. The summed E-state index contributed by atoms with van der Waals surface area (Å²) in [5.41, 5.74) is 0. The van der Waals surface area contributed by atoms with E-state index in [0.717, 1.165) is 18.2 Å². The van der Waals surface area contributed by atoms with Crippen molar-refractivity contribution in [3.63, 3.8) is 0 Å². The Morgan fingerprint density at radius 2 is 2.00 bits per heavy atom. The largest absolute Gasteiger partial charge is 0.317 e. The molecule has 0 aromatic carbocycles. The summed E-state index contributed by atoms with van der Waals surface area (Å²) in [5.74, 6) is 2.01. The molecule has 18 heavy (non-hydrogen) atoms. The van der Waals surface area contributed by atoms with E-state index in [2.05, 4.69) is 31.9 Å². The Hall–Kier alpha value is -0.940. The van der Waals surface area contributed by atoms with Gasteiger partial charge in [0.2, 0.25) is 0 Å². The number of rotatable bonds is 5. The molecule has 1 fully saturated rings. The first-order chi connectivity index (χ1) is 8.70. The fraction of sp³-hybridized carbons (Fsp3) is 0.846. The fourth-order valence-electron chi connectivity index (χ4n) is 2.52. The minimum Gasteiger partial charge on any atom is -0.317 e. The summed E-state index contributed by atoms with van der Waals surface area (Å²) >= 11 is 0. The Balaban J connectivity index is 1.74. The second-order valence-electron chi connectivity index (χ2n) is 5.22. The van der Waals surface area contributed by atoms with Crippen molar-refractivity contribution >= 4 is 0 Å². The zero-order valence-corrected chi connectivity index (χ0v) is 11.8. The zero-order chi connectivity index (χ0) is 13.0. The van der Waals surface area contributed by atoms with Gasteiger partial charge in [0, 0.05) is 13.1 Å². The molecule has 0 radical (unpaired) electrons. The fourth-order valence-corrected chi connectivity index (χ4v) is 2.52. The van der Waals surface area contributed by atoms with E-state index in [9.17, 15) is 0 Å². The minimum atomic E-state index is 0.634. The lowest BCUT2D eigenvalue weighted by atomic mass is 10.0. The summed E-state index contributed by atoms with van der Waals surface area (Å²) in [7, 11) is 2.02. The molecule has 5 nitrogen and oxygen atoms in total. The average Bonchev–Trinajstić information content (AvgIpc) is 2.70. The number of nitrogens with zero attached hydrogens (tertiary/aromatic N) is 4. The number of aromatic nitrogens is 3. The van der Waals surface area contributed by atoms with Gasteiger partial charge in [0.1, 0.15) is 11.6 Å². The predicted octanol–water partition coefficient (Wildman–Crippen LogP) is 1.09. The maximum atomic E-state index is 4.18. The topological polar surface area (TPSA) is 46.0 Å². The van der Waals surface area contributed by atoms with Crippen LogP contribution in [0.15, 0.2) is 0 Å². The molecule has 2 rings (SSSR count). The van der Waals surface area contributed by atoms with Crippen molar-refractivity contribution < 1.29 is 0 Å². The maximum Gasteiger partial charge on any atom is 0.146 e. The molecule has 0 aliphatic carbocycles. The van der Waals surface area contributed by atoms with Crippen LogP contribution >= 0.6 is 0 Å². The van der Waals surface area contributed by atoms with E-state index in [1.54, 1.807) is 0 Å². The normalized spacial score (nSPS) is 18.4. The smallest absolute Gasteiger partial charge is 0.146 e. The van der Waals surface area contributed by atoms with Crippen LogP contribution in [0.25, 0.3) is 0 Å². The summed E-state index contributed by atoms with van der Waals surface area (Å²) in [4.78, 5) is 2.56. The first kappa shape index (κ1) is 13.5. The van der Waals surface area contributed by atoms with Gasteiger partial charge in [0.25, 0.3) is 0 Å². The first-order valence-electron chi connectivity index (χ1n) is 7.01. The molecule has 1 saturated heterocycles. The Labute approximate surface area is 110 Å². The standard InChI is InChI=1S/C13H25N5/c1-4-7-18-8-5-12(6-9-18)14-10-13-16-15-11(2)17(13)3/h12,14H,4-10H2,1-3H3. The van der Waals surface area contributed by atoms with E-state index in [0.29, 0.717) is 6.04 Å². The predicted molar refractivity (Wildman–Crippen MR) is 72.3 cm³/mol. The average molecular weight is 251 g/mol. The molecule has 1 aliphatic heterocycles. The van der Waals surface area contributed by atoms with Gasteiger partial charge in [-0.2, -0.15) is 0 Å². The van der Waals surface area contributed by atoms with Crippen molar-refractivity contribution in [2.45, 2.75) is 45.7 Å². The van der Waals surface area contributed by atoms with Gasteiger partial charge in [-0.3, -0.25) is 0 Å². The molecule has 0 atom stereocenters. The van der Waals surface area contributed by atoms with E-state index >= 15 is 0 Å². The highest BCUT2D eigenvalue weighted by Gasteiger charge is 2.18. The molecule has 0 bridgehead atoms. The van der Waals surface area contributed by atoms with Crippen LogP contribution in [0.2, 0.25) is 0 Å². The molecule has 1 aromatic heterocycles. The number of piperidine rings is 1. The summed E-state index contributed by atoms with van der Waals surface area (Å²) in [6.07, 6.45) is 3.75. The van der Waals surface area contributed by atoms with E-state index < -0.39 is 0 Å². The van der Waals surface area contributed by atoms with Crippen molar-refractivity contribution in [3.8, 4) is 0 Å². The lowest BCUT2D eigenvalue weighted by Gasteiger charge is -2.32. The van der Waals surface area contributed by atoms with Gasteiger partial charge in [-0.15, -0.1) is 10.2 Å². The van der Waals surface area contributed by atoms with Gasteiger partial charge >= 0.3 is 0 Å². The van der Waals surface area contributed by atoms with Crippen molar-refractivity contribution in [1.29, 1.82) is 0 Å². The second-order valence-corrected chi connectivity index (χ2v) is 5.22. The quantitative estimate of drug-likeness (QED) is 0.851. The molecule has 1 aliphatic rings. The number of likely N-dealkylation sites (tertiary alicyclic amines) is 1. The van der Waals surface area contributed by atoms with Crippen LogP contribution in [-0.4, -0.2) is 45.3 Å². The highest BCUT2D eigenvalue weighted by atomic mass is 15.3. The van der Waals surface area contributed by atoms with E-state index in [1.807, 2.05) is 14.0 Å². The Morgan fingerprint density at radius 1 is 1.28 bits per heavy atom. The number of nitrogens with one attached hydrogen (secondary N) is 1. The summed E-state index contributed by atoms with van der Waals surface area (Å²) < 4.78 is 2.05. The third kappa shape index (κ3) is 3.29. The van der Waals surface area contributed by atoms with Gasteiger partial charge < -0.3 is 14.8 Å². The van der Waals surface area contributed by atoms with Crippen LogP contribution in [0.4, 0.5) is 0 Å². The molecular formula is C13H25N5. The van der Waals surface area contributed by atoms with Gasteiger partial charge in [-0.1, -0.05) is 6.92 Å². The lowest BCUT2D eigenvalue weighted by Crippen LogP contribution is -2.42. The monoisotopic (exact) mass is 251 g/mol.